The molecule has 0 saturated carbocycles. The van der Waals surface area contributed by atoms with Gasteiger partial charge in [0.15, 0.2) is 0 Å². The molecular formula is C19H22NO. The third-order valence-corrected chi connectivity index (χ3v) is 4.26. The van der Waals surface area contributed by atoms with Crippen LogP contribution in [-0.2, 0) is 0 Å². The molecule has 2 heteroatoms. The molecule has 1 aliphatic rings. The van der Waals surface area contributed by atoms with Crippen LogP contribution in [0.1, 0.15) is 24.0 Å². The van der Waals surface area contributed by atoms with Gasteiger partial charge in [0.2, 0.25) is 0 Å². The smallest absolute Gasteiger partial charge is 0.120 e. The molecule has 0 spiro atoms. The number of benzene rings is 2. The number of anilines is 1. The van der Waals surface area contributed by atoms with E-state index in [-0.39, 0.29) is 0 Å². The molecule has 0 atom stereocenters. The second-order valence-corrected chi connectivity index (χ2v) is 5.80. The number of nitrogens with zero attached hydrogens (tertiary/aromatic N) is 1. The van der Waals surface area contributed by atoms with Crippen molar-refractivity contribution in [3.63, 3.8) is 0 Å². The summed E-state index contributed by atoms with van der Waals surface area (Å²) in [6, 6.07) is 17.9. The molecular weight excluding hydrogens is 258 g/mol. The van der Waals surface area contributed by atoms with Crippen molar-refractivity contribution >= 4 is 5.69 Å². The first-order chi connectivity index (χ1) is 10.2. The van der Waals surface area contributed by atoms with Crippen molar-refractivity contribution in [1.29, 1.82) is 0 Å². The van der Waals surface area contributed by atoms with E-state index in [9.17, 15) is 0 Å². The normalized spacial score (nSPS) is 16.0. The predicted octanol–water partition coefficient (Wildman–Crippen LogP) is 4.15. The molecule has 0 unspecified atom stereocenters. The third kappa shape index (κ3) is 3.38. The minimum absolute atomic E-state index is 0.326. The Morgan fingerprint density at radius 1 is 1.05 bits per heavy atom. The number of rotatable bonds is 3. The van der Waals surface area contributed by atoms with Crippen molar-refractivity contribution in [2.45, 2.75) is 32.8 Å². The Morgan fingerprint density at radius 2 is 1.86 bits per heavy atom. The molecule has 3 rings (SSSR count). The van der Waals surface area contributed by atoms with E-state index in [2.05, 4.69) is 55.1 Å². The van der Waals surface area contributed by atoms with E-state index in [1.54, 1.807) is 0 Å². The zero-order chi connectivity index (χ0) is 14.7. The number of piperidine rings is 1. The van der Waals surface area contributed by atoms with Crippen molar-refractivity contribution < 1.29 is 4.74 Å². The molecule has 1 saturated heterocycles. The molecule has 0 N–H and O–H groups in total. The van der Waals surface area contributed by atoms with E-state index in [0.29, 0.717) is 6.10 Å². The zero-order valence-corrected chi connectivity index (χ0v) is 12.8. The molecule has 1 aliphatic heterocycles. The van der Waals surface area contributed by atoms with Crippen LogP contribution in [0.4, 0.5) is 5.69 Å². The fourth-order valence-corrected chi connectivity index (χ4v) is 2.77. The minimum atomic E-state index is 0.326. The highest BCUT2D eigenvalue weighted by molar-refractivity contribution is 5.45. The average molecular weight is 280 g/mol. The maximum atomic E-state index is 6.14. The molecule has 1 heterocycles. The van der Waals surface area contributed by atoms with Gasteiger partial charge in [0.05, 0.1) is 0 Å². The first kappa shape index (κ1) is 14.0. The lowest BCUT2D eigenvalue weighted by Crippen LogP contribution is -2.38. The first-order valence-electron chi connectivity index (χ1n) is 7.68. The van der Waals surface area contributed by atoms with Crippen molar-refractivity contribution in [3.8, 4) is 5.75 Å². The number of hydrogen-bond acceptors (Lipinski definition) is 2. The molecule has 2 nitrogen and oxygen atoms in total. The van der Waals surface area contributed by atoms with Gasteiger partial charge in [-0.3, -0.25) is 0 Å². The maximum Gasteiger partial charge on any atom is 0.120 e. The van der Waals surface area contributed by atoms with E-state index >= 15 is 0 Å². The second kappa shape index (κ2) is 6.21. The SMILES string of the molecule is Cc1ccc(OC2CCN(c3[c]cccc3)CC2)cc1C. The summed E-state index contributed by atoms with van der Waals surface area (Å²) in [5.41, 5.74) is 3.81. The minimum Gasteiger partial charge on any atom is -0.490 e. The summed E-state index contributed by atoms with van der Waals surface area (Å²) >= 11 is 0. The molecule has 2 aromatic carbocycles. The molecule has 0 amide bonds. The maximum absolute atomic E-state index is 6.14. The lowest BCUT2D eigenvalue weighted by atomic mass is 10.1. The van der Waals surface area contributed by atoms with E-state index in [0.717, 1.165) is 31.7 Å². The summed E-state index contributed by atoms with van der Waals surface area (Å²) < 4.78 is 6.14. The fraction of sp³-hybridized carbons (Fsp3) is 0.368. The highest BCUT2D eigenvalue weighted by Crippen LogP contribution is 2.24. The van der Waals surface area contributed by atoms with Crippen molar-refractivity contribution in [3.05, 3.63) is 59.7 Å². The van der Waals surface area contributed by atoms with Gasteiger partial charge in [0.25, 0.3) is 0 Å². The van der Waals surface area contributed by atoms with Gasteiger partial charge in [-0.15, -0.1) is 0 Å². The van der Waals surface area contributed by atoms with E-state index < -0.39 is 0 Å². The lowest BCUT2D eigenvalue weighted by molar-refractivity contribution is 0.171. The van der Waals surface area contributed by atoms with Crippen LogP contribution in [0.25, 0.3) is 0 Å². The zero-order valence-electron chi connectivity index (χ0n) is 12.8. The van der Waals surface area contributed by atoms with Crippen molar-refractivity contribution in [2.75, 3.05) is 18.0 Å². The van der Waals surface area contributed by atoms with Crippen molar-refractivity contribution in [2.24, 2.45) is 0 Å². The summed E-state index contributed by atoms with van der Waals surface area (Å²) in [6.45, 7) is 6.34. The molecule has 1 radical (unpaired) electrons. The van der Waals surface area contributed by atoms with Crippen molar-refractivity contribution in [1.82, 2.24) is 0 Å². The number of hydrogen-bond donors (Lipinski definition) is 0. The summed E-state index contributed by atoms with van der Waals surface area (Å²) in [5.74, 6) is 1.00. The van der Waals surface area contributed by atoms with Gasteiger partial charge in [0.1, 0.15) is 11.9 Å². The van der Waals surface area contributed by atoms with E-state index in [1.807, 2.05) is 12.1 Å². The standard InChI is InChI=1S/C19H22NO/c1-15-8-9-19(14-16(15)2)21-18-10-12-20(13-11-18)17-6-4-3-5-7-17/h3-6,8-9,14,18H,10-13H2,1-2H3. The third-order valence-electron chi connectivity index (χ3n) is 4.26. The van der Waals surface area contributed by atoms with Crippen LogP contribution < -0.4 is 9.64 Å². The average Bonchev–Trinajstić information content (AvgIpc) is 2.53. The molecule has 0 aliphatic carbocycles. The summed E-state index contributed by atoms with van der Waals surface area (Å²) in [5, 5.41) is 0. The second-order valence-electron chi connectivity index (χ2n) is 5.80. The van der Waals surface area contributed by atoms with Crippen LogP contribution in [0.5, 0.6) is 5.75 Å². The Kier molecular flexibility index (Phi) is 4.14. The van der Waals surface area contributed by atoms with Gasteiger partial charge < -0.3 is 9.64 Å². The predicted molar refractivity (Wildman–Crippen MR) is 87.1 cm³/mol. The molecule has 109 valence electrons. The highest BCUT2D eigenvalue weighted by atomic mass is 16.5. The van der Waals surface area contributed by atoms with Crippen LogP contribution >= 0.6 is 0 Å². The molecule has 21 heavy (non-hydrogen) atoms. The topological polar surface area (TPSA) is 12.5 Å². The first-order valence-corrected chi connectivity index (χ1v) is 7.68. The Morgan fingerprint density at radius 3 is 2.52 bits per heavy atom. The van der Waals surface area contributed by atoms with Crippen LogP contribution in [0.2, 0.25) is 0 Å². The van der Waals surface area contributed by atoms with Gasteiger partial charge in [-0.1, -0.05) is 24.3 Å². The molecule has 0 bridgehead atoms. The van der Waals surface area contributed by atoms with E-state index in [1.165, 1.54) is 16.8 Å². The number of para-hydroxylation sites is 1. The van der Waals surface area contributed by atoms with Gasteiger partial charge in [-0.2, -0.15) is 0 Å². The number of aryl methyl sites for hydroxylation is 2. The van der Waals surface area contributed by atoms with Crippen LogP contribution in [0, 0.1) is 19.9 Å². The summed E-state index contributed by atoms with van der Waals surface area (Å²) in [6.07, 6.45) is 2.46. The Hall–Kier alpha value is -1.96. The number of ether oxygens (including phenoxy) is 1. The monoisotopic (exact) mass is 280 g/mol. The highest BCUT2D eigenvalue weighted by Gasteiger charge is 2.20. The Labute approximate surface area is 127 Å². The van der Waals surface area contributed by atoms with E-state index in [4.69, 9.17) is 4.74 Å². The van der Waals surface area contributed by atoms with Gasteiger partial charge in [0, 0.05) is 37.7 Å². The molecule has 2 aromatic rings. The van der Waals surface area contributed by atoms with Crippen LogP contribution in [-0.4, -0.2) is 19.2 Å². The summed E-state index contributed by atoms with van der Waals surface area (Å²) in [7, 11) is 0. The summed E-state index contributed by atoms with van der Waals surface area (Å²) in [4.78, 5) is 2.39. The van der Waals surface area contributed by atoms with Gasteiger partial charge in [-0.05, 0) is 43.2 Å². The van der Waals surface area contributed by atoms with Crippen LogP contribution in [0.15, 0.2) is 42.5 Å². The Balaban J connectivity index is 1.57. The largest absolute Gasteiger partial charge is 0.490 e. The molecule has 0 aromatic heterocycles. The quantitative estimate of drug-likeness (QED) is 0.837. The van der Waals surface area contributed by atoms with Gasteiger partial charge >= 0.3 is 0 Å². The Bertz CT molecular complexity index is 586. The van der Waals surface area contributed by atoms with Gasteiger partial charge in [-0.25, -0.2) is 0 Å². The fourth-order valence-electron chi connectivity index (χ4n) is 2.77. The lowest BCUT2D eigenvalue weighted by Gasteiger charge is -2.33. The van der Waals surface area contributed by atoms with Crippen LogP contribution in [0.3, 0.4) is 0 Å². The molecule has 1 fully saturated rings.